The van der Waals surface area contributed by atoms with Crippen LogP contribution >= 0.6 is 0 Å². The molecule has 0 aliphatic carbocycles. The molecule has 0 rings (SSSR count). The van der Waals surface area contributed by atoms with Crippen LogP contribution in [0.4, 0.5) is 0 Å². The third kappa shape index (κ3) is 3.69. The van der Waals surface area contributed by atoms with E-state index in [1.54, 1.807) is 0 Å². The zero-order valence-corrected chi connectivity index (χ0v) is 11.2. The molecule has 0 aliphatic rings. The molecule has 0 aliphatic heterocycles. The quantitative estimate of drug-likeness (QED) is 0.464. The van der Waals surface area contributed by atoms with Gasteiger partial charge in [-0.1, -0.05) is 33.7 Å². The minimum atomic E-state index is 0.401. The molecule has 0 saturated carbocycles. The molecule has 0 aromatic heterocycles. The van der Waals surface area contributed by atoms with Crippen molar-refractivity contribution in [3.63, 3.8) is 0 Å². The van der Waals surface area contributed by atoms with Gasteiger partial charge >= 0.3 is 0 Å². The largest absolute Gasteiger partial charge is 0.302 e. The summed E-state index contributed by atoms with van der Waals surface area (Å²) in [6.45, 7) is 11.1. The topological polar surface area (TPSA) is 24.1 Å². The Hall–Kier alpha value is 0.137. The van der Waals surface area contributed by atoms with Crippen molar-refractivity contribution in [2.24, 2.45) is 5.41 Å². The Balaban J connectivity index is 4.07. The lowest BCUT2D eigenvalue weighted by atomic mass is 9.91. The van der Waals surface area contributed by atoms with Gasteiger partial charge in [0, 0.05) is 10.2 Å². The summed E-state index contributed by atoms with van der Waals surface area (Å²) in [5.41, 5.74) is 0.401. The molecule has 0 atom stereocenters. The van der Waals surface area contributed by atoms with Crippen LogP contribution in [-0.4, -0.2) is 29.5 Å². The maximum Gasteiger partial charge on any atom is 0.0621 e. The van der Waals surface area contributed by atoms with E-state index in [0.717, 1.165) is 13.1 Å². The molecule has 0 aromatic carbocycles. The fourth-order valence-electron chi connectivity index (χ4n) is 1.24. The van der Waals surface area contributed by atoms with Crippen molar-refractivity contribution < 1.29 is 0 Å². The Labute approximate surface area is 79.9 Å². The second kappa shape index (κ2) is 5.73. The molecule has 2 N–H and O–H groups in total. The van der Waals surface area contributed by atoms with Crippen LogP contribution < -0.4 is 10.6 Å². The Morgan fingerprint density at radius 2 is 1.58 bits per heavy atom. The molecule has 74 valence electrons. The normalized spacial score (nSPS) is 12.8. The summed E-state index contributed by atoms with van der Waals surface area (Å²) < 4.78 is 0. The summed E-state index contributed by atoms with van der Waals surface area (Å²) in [4.78, 5) is 0. The standard InChI is InChI=1S/C9H24N2Si/c1-5-10-8(11-6-2)9(3,4)7-12/h8,10-11H,5-7H2,1-4,12H3. The molecule has 0 aromatic rings. The Kier molecular flexibility index (Phi) is 5.79. The van der Waals surface area contributed by atoms with Crippen LogP contribution in [0.25, 0.3) is 0 Å². The van der Waals surface area contributed by atoms with E-state index in [0.29, 0.717) is 11.6 Å². The molecular weight excluding hydrogens is 164 g/mol. The molecule has 0 fully saturated rings. The lowest BCUT2D eigenvalue weighted by molar-refractivity contribution is 0.232. The van der Waals surface area contributed by atoms with Gasteiger partial charge in [0.1, 0.15) is 0 Å². The lowest BCUT2D eigenvalue weighted by Crippen LogP contribution is -2.51. The Morgan fingerprint density at radius 3 is 1.83 bits per heavy atom. The van der Waals surface area contributed by atoms with Gasteiger partial charge in [0.15, 0.2) is 0 Å². The van der Waals surface area contributed by atoms with Crippen LogP contribution in [-0.2, 0) is 0 Å². The second-order valence-corrected chi connectivity index (χ2v) is 4.60. The van der Waals surface area contributed by atoms with Gasteiger partial charge in [0.2, 0.25) is 0 Å². The van der Waals surface area contributed by atoms with E-state index in [9.17, 15) is 0 Å². The van der Waals surface area contributed by atoms with E-state index in [4.69, 9.17) is 0 Å². The number of nitrogens with one attached hydrogen (secondary N) is 2. The Morgan fingerprint density at radius 1 is 1.17 bits per heavy atom. The third-order valence-electron chi connectivity index (χ3n) is 2.51. The predicted molar refractivity (Wildman–Crippen MR) is 59.7 cm³/mol. The number of rotatable bonds is 6. The highest BCUT2D eigenvalue weighted by Gasteiger charge is 2.25. The molecule has 2 nitrogen and oxygen atoms in total. The smallest absolute Gasteiger partial charge is 0.0621 e. The molecule has 0 unspecified atom stereocenters. The predicted octanol–water partition coefficient (Wildman–Crippen LogP) is 0.341. The van der Waals surface area contributed by atoms with Gasteiger partial charge < -0.3 is 10.6 Å². The minimum Gasteiger partial charge on any atom is -0.302 e. The van der Waals surface area contributed by atoms with E-state index in [1.807, 2.05) is 0 Å². The molecule has 0 spiro atoms. The molecular formula is C9H24N2Si. The van der Waals surface area contributed by atoms with Gasteiger partial charge in [-0.15, -0.1) is 0 Å². The van der Waals surface area contributed by atoms with Crippen LogP contribution in [0.15, 0.2) is 0 Å². The average molecular weight is 188 g/mol. The summed E-state index contributed by atoms with van der Waals surface area (Å²) in [5.74, 6) is 0. The first-order chi connectivity index (χ1) is 5.58. The van der Waals surface area contributed by atoms with Crippen molar-refractivity contribution in [3.8, 4) is 0 Å². The van der Waals surface area contributed by atoms with E-state index < -0.39 is 0 Å². The van der Waals surface area contributed by atoms with Gasteiger partial charge in [-0.25, -0.2) is 0 Å². The first-order valence-corrected chi connectivity index (χ1v) is 6.46. The van der Waals surface area contributed by atoms with Crippen LogP contribution in [0.3, 0.4) is 0 Å². The number of hydrogen-bond acceptors (Lipinski definition) is 2. The molecule has 12 heavy (non-hydrogen) atoms. The van der Waals surface area contributed by atoms with E-state index in [1.165, 1.54) is 16.3 Å². The van der Waals surface area contributed by atoms with Gasteiger partial charge in [0.25, 0.3) is 0 Å². The first-order valence-electron chi connectivity index (χ1n) is 5.05. The van der Waals surface area contributed by atoms with Crippen LogP contribution in [0.1, 0.15) is 27.7 Å². The highest BCUT2D eigenvalue weighted by atomic mass is 28.1. The van der Waals surface area contributed by atoms with E-state index >= 15 is 0 Å². The molecule has 0 bridgehead atoms. The Bertz CT molecular complexity index is 109. The summed E-state index contributed by atoms with van der Waals surface area (Å²) in [7, 11) is 1.28. The van der Waals surface area contributed by atoms with E-state index in [2.05, 4.69) is 38.3 Å². The monoisotopic (exact) mass is 188 g/mol. The second-order valence-electron chi connectivity index (χ2n) is 3.89. The van der Waals surface area contributed by atoms with Crippen molar-refractivity contribution in [3.05, 3.63) is 0 Å². The molecule has 0 heterocycles. The van der Waals surface area contributed by atoms with Crippen molar-refractivity contribution in [2.75, 3.05) is 13.1 Å². The average Bonchev–Trinajstić information content (AvgIpc) is 2.04. The highest BCUT2D eigenvalue weighted by molar-refractivity contribution is 6.09. The van der Waals surface area contributed by atoms with Crippen molar-refractivity contribution in [1.82, 2.24) is 10.6 Å². The van der Waals surface area contributed by atoms with Gasteiger partial charge in [-0.2, -0.15) is 0 Å². The van der Waals surface area contributed by atoms with Crippen molar-refractivity contribution in [1.29, 1.82) is 0 Å². The lowest BCUT2D eigenvalue weighted by Gasteiger charge is -2.34. The van der Waals surface area contributed by atoms with Gasteiger partial charge in [0.05, 0.1) is 6.17 Å². The SMILES string of the molecule is CCNC(NCC)C(C)(C)C[SiH3]. The summed E-state index contributed by atoms with van der Waals surface area (Å²) in [5, 5.41) is 6.97. The molecule has 0 amide bonds. The van der Waals surface area contributed by atoms with Gasteiger partial charge in [-0.3, -0.25) is 0 Å². The van der Waals surface area contributed by atoms with Crippen molar-refractivity contribution >= 4 is 10.2 Å². The maximum atomic E-state index is 3.49. The van der Waals surface area contributed by atoms with Crippen molar-refractivity contribution in [2.45, 2.75) is 39.9 Å². The zero-order valence-electron chi connectivity index (χ0n) is 9.20. The fourth-order valence-corrected chi connectivity index (χ4v) is 1.65. The third-order valence-corrected chi connectivity index (χ3v) is 4.33. The molecule has 3 heteroatoms. The number of hydrogen-bond donors (Lipinski definition) is 2. The molecule has 0 saturated heterocycles. The van der Waals surface area contributed by atoms with Crippen LogP contribution in [0.5, 0.6) is 0 Å². The van der Waals surface area contributed by atoms with Crippen LogP contribution in [0.2, 0.25) is 6.04 Å². The zero-order chi connectivity index (χ0) is 9.61. The maximum absolute atomic E-state index is 3.49. The molecule has 0 radical (unpaired) electrons. The minimum absolute atomic E-state index is 0.401. The summed E-state index contributed by atoms with van der Waals surface area (Å²) >= 11 is 0. The first kappa shape index (κ1) is 12.1. The fraction of sp³-hybridized carbons (Fsp3) is 1.00. The van der Waals surface area contributed by atoms with Gasteiger partial charge in [-0.05, 0) is 18.5 Å². The summed E-state index contributed by atoms with van der Waals surface area (Å²) in [6.07, 6.45) is 0.477. The summed E-state index contributed by atoms with van der Waals surface area (Å²) in [6, 6.07) is 1.33. The van der Waals surface area contributed by atoms with Crippen LogP contribution in [0, 0.1) is 5.41 Å². The highest BCUT2D eigenvalue weighted by Crippen LogP contribution is 2.22. The van der Waals surface area contributed by atoms with E-state index in [-0.39, 0.29) is 0 Å².